The Kier molecular flexibility index (Phi) is 3.12. The first-order valence-electron chi connectivity index (χ1n) is 6.20. The van der Waals surface area contributed by atoms with Crippen LogP contribution in [-0.2, 0) is 0 Å². The fraction of sp³-hybridized carbons (Fsp3) is 0.143. The molecule has 0 amide bonds. The quantitative estimate of drug-likeness (QED) is 0.528. The average molecular weight is 269 g/mol. The molecule has 1 N–H and O–H groups in total. The molecule has 0 bridgehead atoms. The van der Waals surface area contributed by atoms with Crippen LogP contribution in [0.5, 0.6) is 0 Å². The molecule has 20 heavy (non-hydrogen) atoms. The molecule has 0 radical (unpaired) electrons. The smallest absolute Gasteiger partial charge is 0.316 e. The van der Waals surface area contributed by atoms with Crippen LogP contribution in [-0.4, -0.2) is 21.5 Å². The van der Waals surface area contributed by atoms with Crippen LogP contribution in [0.1, 0.15) is 6.92 Å². The van der Waals surface area contributed by atoms with Crippen molar-refractivity contribution in [2.75, 3.05) is 5.43 Å². The SMILES string of the molecule is C/C(=N\Nc1nc2ccccc2o1)C1C=CC=C[N+]1=O. The number of para-hydroxylation sites is 2. The number of aromatic nitrogens is 1. The molecule has 1 aromatic carbocycles. The molecule has 100 valence electrons. The number of hydrogen-bond acceptors (Lipinski definition) is 5. The second-order valence-corrected chi connectivity index (χ2v) is 4.38. The van der Waals surface area contributed by atoms with E-state index in [-0.39, 0.29) is 0 Å². The van der Waals surface area contributed by atoms with Gasteiger partial charge >= 0.3 is 6.01 Å². The van der Waals surface area contributed by atoms with Gasteiger partial charge in [-0.15, -0.1) is 0 Å². The molecular weight excluding hydrogens is 256 g/mol. The lowest BCUT2D eigenvalue weighted by molar-refractivity contribution is -0.491. The Morgan fingerprint density at radius 3 is 3.05 bits per heavy atom. The summed E-state index contributed by atoms with van der Waals surface area (Å²) in [6.07, 6.45) is 6.74. The number of nitrogens with zero attached hydrogens (tertiary/aromatic N) is 3. The lowest BCUT2D eigenvalue weighted by atomic mass is 10.1. The first kappa shape index (κ1) is 12.3. The molecule has 1 aliphatic heterocycles. The first-order valence-corrected chi connectivity index (χ1v) is 6.20. The maximum Gasteiger partial charge on any atom is 0.316 e. The molecule has 0 spiro atoms. The summed E-state index contributed by atoms with van der Waals surface area (Å²) in [5, 5.41) is 4.15. The molecule has 1 aromatic heterocycles. The number of benzene rings is 1. The first-order chi connectivity index (χ1) is 9.74. The maximum atomic E-state index is 11.6. The van der Waals surface area contributed by atoms with Crippen LogP contribution in [0.15, 0.2) is 58.2 Å². The van der Waals surface area contributed by atoms with E-state index >= 15 is 0 Å². The third-order valence-electron chi connectivity index (χ3n) is 2.96. The van der Waals surface area contributed by atoms with E-state index < -0.39 is 6.04 Å². The van der Waals surface area contributed by atoms with Gasteiger partial charge in [-0.1, -0.05) is 18.2 Å². The van der Waals surface area contributed by atoms with Crippen LogP contribution in [0, 0.1) is 4.91 Å². The molecule has 0 fully saturated rings. The van der Waals surface area contributed by atoms with Crippen molar-refractivity contribution in [1.82, 2.24) is 4.98 Å². The summed E-state index contributed by atoms with van der Waals surface area (Å²) in [7, 11) is 0. The Balaban J connectivity index is 1.77. The topological polar surface area (TPSA) is 70.5 Å². The number of allylic oxidation sites excluding steroid dienone is 2. The molecular formula is C14H13N4O2+. The monoisotopic (exact) mass is 269 g/mol. The van der Waals surface area contributed by atoms with Gasteiger partial charge in [-0.05, 0) is 25.1 Å². The van der Waals surface area contributed by atoms with Gasteiger partial charge < -0.3 is 4.42 Å². The summed E-state index contributed by atoms with van der Waals surface area (Å²) in [4.78, 5) is 15.9. The normalized spacial score (nSPS) is 18.8. The molecule has 6 heteroatoms. The van der Waals surface area contributed by atoms with Crippen LogP contribution in [0.25, 0.3) is 11.1 Å². The highest BCUT2D eigenvalue weighted by atomic mass is 16.4. The van der Waals surface area contributed by atoms with Gasteiger partial charge in [0.2, 0.25) is 6.20 Å². The Bertz CT molecular complexity index is 709. The predicted molar refractivity (Wildman–Crippen MR) is 76.4 cm³/mol. The molecule has 3 rings (SSSR count). The van der Waals surface area contributed by atoms with Crippen LogP contribution in [0.3, 0.4) is 0 Å². The van der Waals surface area contributed by atoms with Gasteiger partial charge in [-0.25, -0.2) is 5.43 Å². The summed E-state index contributed by atoms with van der Waals surface area (Å²) < 4.78 is 6.32. The zero-order chi connectivity index (χ0) is 13.9. The third-order valence-corrected chi connectivity index (χ3v) is 2.96. The van der Waals surface area contributed by atoms with E-state index in [1.165, 1.54) is 6.20 Å². The van der Waals surface area contributed by atoms with Crippen molar-refractivity contribution in [2.24, 2.45) is 5.10 Å². The van der Waals surface area contributed by atoms with E-state index in [0.29, 0.717) is 17.3 Å². The molecule has 2 heterocycles. The number of nitrogens with one attached hydrogen (secondary N) is 1. The van der Waals surface area contributed by atoms with E-state index in [9.17, 15) is 4.91 Å². The fourth-order valence-corrected chi connectivity index (χ4v) is 1.93. The van der Waals surface area contributed by atoms with Crippen molar-refractivity contribution in [3.8, 4) is 0 Å². The minimum absolute atomic E-state index is 0.304. The summed E-state index contributed by atoms with van der Waals surface area (Å²) in [5.74, 6) is 0. The zero-order valence-electron chi connectivity index (χ0n) is 10.9. The Hall–Kier alpha value is -2.76. The van der Waals surface area contributed by atoms with E-state index in [2.05, 4.69) is 15.5 Å². The van der Waals surface area contributed by atoms with Crippen molar-refractivity contribution in [3.63, 3.8) is 0 Å². The van der Waals surface area contributed by atoms with Gasteiger partial charge in [0.1, 0.15) is 11.2 Å². The summed E-state index contributed by atoms with van der Waals surface area (Å²) in [6.45, 7) is 1.77. The largest absolute Gasteiger partial charge is 0.422 e. The number of anilines is 1. The lowest BCUT2D eigenvalue weighted by Crippen LogP contribution is -2.27. The van der Waals surface area contributed by atoms with Crippen LogP contribution in [0.2, 0.25) is 0 Å². The van der Waals surface area contributed by atoms with Crippen LogP contribution >= 0.6 is 0 Å². The molecule has 6 nitrogen and oxygen atoms in total. The van der Waals surface area contributed by atoms with Crippen molar-refractivity contribution in [3.05, 3.63) is 53.6 Å². The average Bonchev–Trinajstić information content (AvgIpc) is 2.88. The summed E-state index contributed by atoms with van der Waals surface area (Å²) in [6, 6.07) is 7.35. The number of rotatable bonds is 3. The van der Waals surface area contributed by atoms with Gasteiger partial charge in [0, 0.05) is 15.7 Å². The highest BCUT2D eigenvalue weighted by Gasteiger charge is 2.25. The third kappa shape index (κ3) is 2.35. The van der Waals surface area contributed by atoms with Gasteiger partial charge in [0.15, 0.2) is 5.58 Å². The number of nitroso groups, excluding NO2 is 1. The van der Waals surface area contributed by atoms with E-state index in [1.54, 1.807) is 19.1 Å². The molecule has 0 aliphatic carbocycles. The molecule has 1 aliphatic rings. The minimum Gasteiger partial charge on any atom is -0.422 e. The highest BCUT2D eigenvalue weighted by molar-refractivity contribution is 5.88. The molecule has 1 atom stereocenters. The number of hydrogen-bond donors (Lipinski definition) is 1. The summed E-state index contributed by atoms with van der Waals surface area (Å²) >= 11 is 0. The number of hydrazone groups is 1. The Morgan fingerprint density at radius 2 is 2.25 bits per heavy atom. The van der Waals surface area contributed by atoms with Gasteiger partial charge in [0.25, 0.3) is 6.04 Å². The van der Waals surface area contributed by atoms with Gasteiger partial charge in [-0.3, -0.25) is 0 Å². The van der Waals surface area contributed by atoms with Crippen molar-refractivity contribution >= 4 is 22.8 Å². The minimum atomic E-state index is -0.406. The summed E-state index contributed by atoms with van der Waals surface area (Å²) in [5.41, 5.74) is 4.81. The Morgan fingerprint density at radius 1 is 1.40 bits per heavy atom. The zero-order valence-corrected chi connectivity index (χ0v) is 10.9. The number of fused-ring (bicyclic) bond motifs is 1. The van der Waals surface area contributed by atoms with Crippen LogP contribution in [0.4, 0.5) is 6.01 Å². The van der Waals surface area contributed by atoms with Crippen molar-refractivity contribution in [2.45, 2.75) is 13.0 Å². The Labute approximate surface area is 115 Å². The van der Waals surface area contributed by atoms with E-state index in [0.717, 1.165) is 10.3 Å². The second kappa shape index (κ2) is 5.08. The van der Waals surface area contributed by atoms with Crippen molar-refractivity contribution < 1.29 is 9.18 Å². The van der Waals surface area contributed by atoms with E-state index in [4.69, 9.17) is 4.42 Å². The molecule has 2 aromatic rings. The van der Waals surface area contributed by atoms with E-state index in [1.807, 2.05) is 30.3 Å². The molecule has 0 saturated carbocycles. The lowest BCUT2D eigenvalue weighted by Gasteiger charge is -2.04. The van der Waals surface area contributed by atoms with Gasteiger partial charge in [0.05, 0.1) is 0 Å². The molecule has 1 unspecified atom stereocenters. The van der Waals surface area contributed by atoms with Crippen molar-refractivity contribution in [1.29, 1.82) is 0 Å². The standard InChI is InChI=1S/C14H13N4O2/c1-10(12-7-4-5-9-18(12)19)16-17-14-15-11-6-2-3-8-13(11)20-14/h2-9,12H,1H3,(H,15,17)/q+1/b16-10+. The predicted octanol–water partition coefficient (Wildman–Crippen LogP) is 2.85. The second-order valence-electron chi connectivity index (χ2n) is 4.38. The maximum absolute atomic E-state index is 11.6. The fourth-order valence-electron chi connectivity index (χ4n) is 1.93. The van der Waals surface area contributed by atoms with Gasteiger partial charge in [-0.2, -0.15) is 10.1 Å². The number of oxazole rings is 1. The van der Waals surface area contributed by atoms with Crippen LogP contribution < -0.4 is 5.43 Å². The highest BCUT2D eigenvalue weighted by Crippen LogP contribution is 2.18. The molecule has 0 saturated heterocycles.